The predicted molar refractivity (Wildman–Crippen MR) is 88.4 cm³/mol. The van der Waals surface area contributed by atoms with E-state index in [4.69, 9.17) is 4.43 Å². The number of hydrogen-bond acceptors (Lipinski definition) is 2. The third-order valence-corrected chi connectivity index (χ3v) is 4.17. The molecule has 0 bridgehead atoms. The summed E-state index contributed by atoms with van der Waals surface area (Å²) in [4.78, 5) is 0. The van der Waals surface area contributed by atoms with Gasteiger partial charge in [0.05, 0.1) is 0 Å². The lowest BCUT2D eigenvalue weighted by atomic mass is 9.87. The Hall–Kier alpha value is -1.89. The first-order valence-electron chi connectivity index (χ1n) is 7.11. The Labute approximate surface area is 128 Å². The van der Waals surface area contributed by atoms with E-state index in [1.54, 1.807) is 0 Å². The minimum absolute atomic E-state index is 0.888. The van der Waals surface area contributed by atoms with Crippen molar-refractivity contribution >= 4 is 8.32 Å². The zero-order chi connectivity index (χ0) is 15.5. The van der Waals surface area contributed by atoms with E-state index >= 15 is 0 Å². The molecule has 0 aliphatic heterocycles. The Bertz CT molecular complexity index is 638. The van der Waals surface area contributed by atoms with Crippen LogP contribution in [0.2, 0.25) is 19.6 Å². The number of rotatable bonds is 4. The van der Waals surface area contributed by atoms with Crippen LogP contribution < -0.4 is 0 Å². The normalized spacial score (nSPS) is 14.2. The Balaban J connectivity index is 2.63. The molecule has 1 unspecified atom stereocenters. The molecule has 1 atom stereocenters. The van der Waals surface area contributed by atoms with Crippen molar-refractivity contribution in [3.05, 3.63) is 71.3 Å². The van der Waals surface area contributed by atoms with E-state index in [0.717, 1.165) is 11.1 Å². The van der Waals surface area contributed by atoms with Crippen molar-refractivity contribution in [1.29, 1.82) is 5.26 Å². The molecule has 3 heteroatoms. The van der Waals surface area contributed by atoms with Gasteiger partial charge in [0.15, 0.2) is 13.9 Å². The quantitative estimate of drug-likeness (QED) is 0.771. The molecule has 0 radical (unpaired) electrons. The van der Waals surface area contributed by atoms with Crippen LogP contribution in [-0.4, -0.2) is 8.32 Å². The molecule has 0 spiro atoms. The van der Waals surface area contributed by atoms with E-state index in [2.05, 4.69) is 25.7 Å². The van der Waals surface area contributed by atoms with Crippen LogP contribution in [0.25, 0.3) is 0 Å². The monoisotopic (exact) mass is 295 g/mol. The van der Waals surface area contributed by atoms with Crippen molar-refractivity contribution in [2.75, 3.05) is 0 Å². The Kier molecular flexibility index (Phi) is 4.31. The molecule has 21 heavy (non-hydrogen) atoms. The Morgan fingerprint density at radius 3 is 1.90 bits per heavy atom. The number of nitrogens with zero attached hydrogens (tertiary/aromatic N) is 1. The number of hydrogen-bond donors (Lipinski definition) is 0. The van der Waals surface area contributed by atoms with Crippen molar-refractivity contribution in [3.8, 4) is 6.07 Å². The highest BCUT2D eigenvalue weighted by molar-refractivity contribution is 6.69. The van der Waals surface area contributed by atoms with Gasteiger partial charge in [0.1, 0.15) is 6.07 Å². The van der Waals surface area contributed by atoms with Crippen molar-refractivity contribution in [2.24, 2.45) is 0 Å². The molecule has 2 aromatic carbocycles. The Morgan fingerprint density at radius 2 is 1.43 bits per heavy atom. The highest BCUT2D eigenvalue weighted by Gasteiger charge is 2.39. The molecule has 2 rings (SSSR count). The minimum atomic E-state index is -1.92. The zero-order valence-corrected chi connectivity index (χ0v) is 14.1. The molecule has 0 saturated heterocycles. The first-order chi connectivity index (χ1) is 9.87. The van der Waals surface area contributed by atoms with E-state index < -0.39 is 13.9 Å². The van der Waals surface area contributed by atoms with E-state index in [0.29, 0.717) is 0 Å². The van der Waals surface area contributed by atoms with E-state index in [9.17, 15) is 5.26 Å². The second-order valence-corrected chi connectivity index (χ2v) is 10.7. The van der Waals surface area contributed by atoms with Crippen LogP contribution in [0.1, 0.15) is 16.7 Å². The summed E-state index contributed by atoms with van der Waals surface area (Å²) < 4.78 is 6.36. The lowest BCUT2D eigenvalue weighted by molar-refractivity contribution is 0.164. The van der Waals surface area contributed by atoms with Crippen LogP contribution in [0.3, 0.4) is 0 Å². The minimum Gasteiger partial charge on any atom is -0.393 e. The van der Waals surface area contributed by atoms with Gasteiger partial charge in [-0.3, -0.25) is 0 Å². The van der Waals surface area contributed by atoms with Gasteiger partial charge in [0, 0.05) is 11.1 Å². The molecule has 0 fully saturated rings. The number of aryl methyl sites for hydroxylation is 1. The van der Waals surface area contributed by atoms with Crippen LogP contribution in [0, 0.1) is 18.3 Å². The van der Waals surface area contributed by atoms with Crippen molar-refractivity contribution in [3.63, 3.8) is 0 Å². The van der Waals surface area contributed by atoms with Gasteiger partial charge < -0.3 is 4.43 Å². The molecule has 0 aromatic heterocycles. The fraction of sp³-hybridized carbons (Fsp3) is 0.278. The highest BCUT2D eigenvalue weighted by atomic mass is 28.4. The predicted octanol–water partition coefficient (Wildman–Crippen LogP) is 4.61. The average Bonchev–Trinajstić information content (AvgIpc) is 2.46. The van der Waals surface area contributed by atoms with E-state index in [1.807, 2.05) is 61.5 Å². The molecule has 0 amide bonds. The van der Waals surface area contributed by atoms with E-state index in [1.165, 1.54) is 5.56 Å². The van der Waals surface area contributed by atoms with Crippen LogP contribution in [0.15, 0.2) is 54.6 Å². The van der Waals surface area contributed by atoms with Gasteiger partial charge in [-0.2, -0.15) is 5.26 Å². The smallest absolute Gasteiger partial charge is 0.196 e. The molecule has 0 heterocycles. The van der Waals surface area contributed by atoms with Gasteiger partial charge in [-0.05, 0) is 26.6 Å². The van der Waals surface area contributed by atoms with Crippen LogP contribution in [-0.2, 0) is 10.0 Å². The van der Waals surface area contributed by atoms with Crippen LogP contribution in [0.5, 0.6) is 0 Å². The van der Waals surface area contributed by atoms with Gasteiger partial charge in [-0.1, -0.05) is 60.2 Å². The molecular formula is C18H21NOSi. The standard InChI is InChI=1S/C18H21NOSi/c1-15-10-12-17(13-11-15)18(14-19,20-21(2,3)4)16-8-6-5-7-9-16/h5-13H,1-4H3. The summed E-state index contributed by atoms with van der Waals surface area (Å²) in [6.07, 6.45) is 0. The fourth-order valence-electron chi connectivity index (χ4n) is 2.36. The third kappa shape index (κ3) is 3.41. The molecule has 2 aromatic rings. The largest absolute Gasteiger partial charge is 0.393 e. The second kappa shape index (κ2) is 5.85. The highest BCUT2D eigenvalue weighted by Crippen LogP contribution is 2.36. The molecule has 108 valence electrons. The van der Waals surface area contributed by atoms with Crippen molar-refractivity contribution in [1.82, 2.24) is 0 Å². The maximum atomic E-state index is 9.96. The molecule has 2 nitrogen and oxygen atoms in total. The van der Waals surface area contributed by atoms with Crippen molar-refractivity contribution < 1.29 is 4.43 Å². The lowest BCUT2D eigenvalue weighted by Crippen LogP contribution is -2.40. The first-order valence-corrected chi connectivity index (χ1v) is 10.5. The van der Waals surface area contributed by atoms with Gasteiger partial charge >= 0.3 is 0 Å². The third-order valence-electron chi connectivity index (χ3n) is 3.26. The summed E-state index contributed by atoms with van der Waals surface area (Å²) >= 11 is 0. The van der Waals surface area contributed by atoms with Gasteiger partial charge in [0.2, 0.25) is 0 Å². The summed E-state index contributed by atoms with van der Waals surface area (Å²) in [5.41, 5.74) is 1.93. The summed E-state index contributed by atoms with van der Waals surface area (Å²) in [5.74, 6) is 0. The second-order valence-electron chi connectivity index (χ2n) is 6.24. The number of nitriles is 1. The van der Waals surface area contributed by atoms with Gasteiger partial charge in [0.25, 0.3) is 0 Å². The maximum Gasteiger partial charge on any atom is 0.196 e. The summed E-state index contributed by atoms with van der Waals surface area (Å²) in [6, 6.07) is 20.2. The molecule has 0 N–H and O–H groups in total. The van der Waals surface area contributed by atoms with Crippen molar-refractivity contribution in [2.45, 2.75) is 32.2 Å². The Morgan fingerprint density at radius 1 is 0.905 bits per heavy atom. The SMILES string of the molecule is Cc1ccc(C(C#N)(O[Si](C)(C)C)c2ccccc2)cc1. The maximum absolute atomic E-state index is 9.96. The molecule has 0 aliphatic carbocycles. The van der Waals surface area contributed by atoms with E-state index in [-0.39, 0.29) is 0 Å². The topological polar surface area (TPSA) is 33.0 Å². The average molecular weight is 295 g/mol. The zero-order valence-electron chi connectivity index (χ0n) is 13.1. The summed E-state index contributed by atoms with van der Waals surface area (Å²) in [6.45, 7) is 8.36. The molecule has 0 saturated carbocycles. The molecular weight excluding hydrogens is 274 g/mol. The van der Waals surface area contributed by atoms with Gasteiger partial charge in [-0.15, -0.1) is 0 Å². The summed E-state index contributed by atoms with van der Waals surface area (Å²) in [5, 5.41) is 9.96. The van der Waals surface area contributed by atoms with Crippen LogP contribution in [0.4, 0.5) is 0 Å². The van der Waals surface area contributed by atoms with Gasteiger partial charge in [-0.25, -0.2) is 0 Å². The lowest BCUT2D eigenvalue weighted by Gasteiger charge is -2.34. The molecule has 0 aliphatic rings. The van der Waals surface area contributed by atoms with Crippen LogP contribution >= 0.6 is 0 Å². The number of benzene rings is 2. The fourth-order valence-corrected chi connectivity index (χ4v) is 3.56. The summed E-state index contributed by atoms with van der Waals surface area (Å²) in [7, 11) is -1.92. The first kappa shape index (κ1) is 15.5.